The van der Waals surface area contributed by atoms with Crippen LogP contribution < -0.4 is 15.0 Å². The van der Waals surface area contributed by atoms with Gasteiger partial charge in [0, 0.05) is 12.3 Å². The van der Waals surface area contributed by atoms with Gasteiger partial charge >= 0.3 is 6.03 Å². The van der Waals surface area contributed by atoms with Crippen molar-refractivity contribution in [2.24, 2.45) is 10.9 Å². The maximum absolute atomic E-state index is 12.8. The Morgan fingerprint density at radius 2 is 1.93 bits per heavy atom. The SMILES string of the molecule is CCc1ccccc1N=C[C@@H]1C(=O)NC(=O)N(c2cccc(OC)c2)C1=O. The van der Waals surface area contributed by atoms with Crippen molar-refractivity contribution in [3.8, 4) is 5.75 Å². The third-order valence-electron chi connectivity index (χ3n) is 4.25. The van der Waals surface area contributed by atoms with Crippen LogP contribution in [0.1, 0.15) is 12.5 Å². The largest absolute Gasteiger partial charge is 0.497 e. The van der Waals surface area contributed by atoms with Crippen LogP contribution in [-0.4, -0.2) is 31.2 Å². The van der Waals surface area contributed by atoms with Crippen LogP contribution >= 0.6 is 0 Å². The number of aliphatic imine (C=N–C) groups is 1. The van der Waals surface area contributed by atoms with Gasteiger partial charge in [0.15, 0.2) is 5.92 Å². The number of para-hydroxylation sites is 1. The van der Waals surface area contributed by atoms with Gasteiger partial charge in [-0.15, -0.1) is 0 Å². The van der Waals surface area contributed by atoms with Crippen LogP contribution in [0.5, 0.6) is 5.75 Å². The Hall–Kier alpha value is -3.48. The first-order valence-electron chi connectivity index (χ1n) is 8.50. The number of benzene rings is 2. The molecule has 2 aromatic rings. The molecule has 4 amide bonds. The number of urea groups is 1. The van der Waals surface area contributed by atoms with Crippen LogP contribution in [-0.2, 0) is 16.0 Å². The van der Waals surface area contributed by atoms with Crippen LogP contribution in [0.25, 0.3) is 0 Å². The third-order valence-corrected chi connectivity index (χ3v) is 4.25. The van der Waals surface area contributed by atoms with E-state index in [2.05, 4.69) is 10.3 Å². The van der Waals surface area contributed by atoms with E-state index >= 15 is 0 Å². The molecule has 1 atom stereocenters. The number of methoxy groups -OCH3 is 1. The predicted octanol–water partition coefficient (Wildman–Crippen LogP) is 2.86. The average Bonchev–Trinajstić information content (AvgIpc) is 2.68. The molecule has 0 saturated carbocycles. The minimum absolute atomic E-state index is 0.316. The van der Waals surface area contributed by atoms with E-state index in [1.807, 2.05) is 31.2 Å². The number of nitrogens with one attached hydrogen (secondary N) is 1. The van der Waals surface area contributed by atoms with Crippen molar-refractivity contribution < 1.29 is 19.1 Å². The summed E-state index contributed by atoms with van der Waals surface area (Å²) in [5.74, 6) is -2.05. The highest BCUT2D eigenvalue weighted by Gasteiger charge is 2.40. The van der Waals surface area contributed by atoms with Gasteiger partial charge in [-0.05, 0) is 30.2 Å². The van der Waals surface area contributed by atoms with Gasteiger partial charge in [-0.2, -0.15) is 0 Å². The van der Waals surface area contributed by atoms with Crippen LogP contribution in [0.2, 0.25) is 0 Å². The Balaban J connectivity index is 1.91. The molecule has 1 aliphatic rings. The minimum atomic E-state index is -1.20. The first kappa shape index (κ1) is 18.3. The second-order valence-electron chi connectivity index (χ2n) is 5.91. The van der Waals surface area contributed by atoms with Crippen molar-refractivity contribution in [2.75, 3.05) is 12.0 Å². The first-order chi connectivity index (χ1) is 13.0. The van der Waals surface area contributed by atoms with Gasteiger partial charge in [0.25, 0.3) is 5.91 Å². The maximum Gasteiger partial charge on any atom is 0.335 e. The Bertz CT molecular complexity index is 923. The van der Waals surface area contributed by atoms with E-state index in [-0.39, 0.29) is 0 Å². The average molecular weight is 365 g/mol. The molecule has 7 heteroatoms. The number of imide groups is 2. The summed E-state index contributed by atoms with van der Waals surface area (Å²) in [5, 5.41) is 2.21. The van der Waals surface area contributed by atoms with Gasteiger partial charge in [-0.3, -0.25) is 19.9 Å². The van der Waals surface area contributed by atoms with Crippen LogP contribution in [0.3, 0.4) is 0 Å². The number of ether oxygens (including phenoxy) is 1. The second kappa shape index (κ2) is 7.82. The summed E-state index contributed by atoms with van der Waals surface area (Å²) >= 11 is 0. The van der Waals surface area contributed by atoms with Crippen molar-refractivity contribution in [3.05, 3.63) is 54.1 Å². The van der Waals surface area contributed by atoms with Crippen molar-refractivity contribution >= 4 is 35.4 Å². The molecule has 27 heavy (non-hydrogen) atoms. The van der Waals surface area contributed by atoms with Crippen molar-refractivity contribution in [1.82, 2.24) is 5.32 Å². The van der Waals surface area contributed by atoms with Gasteiger partial charge in [0.1, 0.15) is 5.75 Å². The number of hydrogen-bond acceptors (Lipinski definition) is 5. The molecule has 1 N–H and O–H groups in total. The lowest BCUT2D eigenvalue weighted by Gasteiger charge is -2.28. The van der Waals surface area contributed by atoms with Crippen LogP contribution in [0.15, 0.2) is 53.5 Å². The van der Waals surface area contributed by atoms with E-state index in [9.17, 15) is 14.4 Å². The van der Waals surface area contributed by atoms with Crippen molar-refractivity contribution in [1.29, 1.82) is 0 Å². The number of carbonyl (C=O) groups is 3. The number of hydrogen-bond donors (Lipinski definition) is 1. The Morgan fingerprint density at radius 1 is 1.15 bits per heavy atom. The number of barbiturate groups is 1. The molecule has 0 unspecified atom stereocenters. The lowest BCUT2D eigenvalue weighted by atomic mass is 10.1. The zero-order valence-electron chi connectivity index (χ0n) is 15.0. The molecule has 3 rings (SSSR count). The molecular formula is C20H19N3O4. The lowest BCUT2D eigenvalue weighted by Crippen LogP contribution is -2.58. The molecule has 0 radical (unpaired) electrons. The van der Waals surface area contributed by atoms with E-state index in [4.69, 9.17) is 4.74 Å². The van der Waals surface area contributed by atoms with Gasteiger partial charge in [0.2, 0.25) is 5.91 Å². The number of rotatable bonds is 5. The van der Waals surface area contributed by atoms with E-state index in [0.29, 0.717) is 17.1 Å². The highest BCUT2D eigenvalue weighted by atomic mass is 16.5. The quantitative estimate of drug-likeness (QED) is 0.652. The number of aryl methyl sites for hydroxylation is 1. The maximum atomic E-state index is 12.8. The van der Waals surface area contributed by atoms with Gasteiger partial charge in [-0.1, -0.05) is 31.2 Å². The van der Waals surface area contributed by atoms with Gasteiger partial charge < -0.3 is 4.74 Å². The molecule has 138 valence electrons. The predicted molar refractivity (Wildman–Crippen MR) is 101 cm³/mol. The van der Waals surface area contributed by atoms with E-state index in [1.54, 1.807) is 24.3 Å². The monoisotopic (exact) mass is 365 g/mol. The Labute approximate surface area is 156 Å². The van der Waals surface area contributed by atoms with Gasteiger partial charge in [0.05, 0.1) is 18.5 Å². The zero-order chi connectivity index (χ0) is 19.4. The molecule has 0 aromatic heterocycles. The number of nitrogens with zero attached hydrogens (tertiary/aromatic N) is 2. The number of anilines is 1. The molecule has 1 aliphatic heterocycles. The molecule has 1 heterocycles. The standard InChI is InChI=1S/C20H19N3O4/c1-3-13-7-4-5-10-17(13)21-12-16-18(24)22-20(26)23(19(16)25)14-8-6-9-15(11-14)27-2/h4-12,16H,3H2,1-2H3,(H,22,24,26)/t16-/m1/s1. The van der Waals surface area contributed by atoms with E-state index < -0.39 is 23.8 Å². The van der Waals surface area contributed by atoms with Gasteiger partial charge in [-0.25, -0.2) is 9.69 Å². The molecule has 1 saturated heterocycles. The Kier molecular flexibility index (Phi) is 5.30. The van der Waals surface area contributed by atoms with Crippen molar-refractivity contribution in [3.63, 3.8) is 0 Å². The summed E-state index contributed by atoms with van der Waals surface area (Å²) in [6.07, 6.45) is 2.05. The zero-order valence-corrected chi connectivity index (χ0v) is 15.0. The number of carbonyl (C=O) groups excluding carboxylic acids is 3. The van der Waals surface area contributed by atoms with Crippen LogP contribution in [0, 0.1) is 5.92 Å². The fourth-order valence-corrected chi connectivity index (χ4v) is 2.81. The molecular weight excluding hydrogens is 346 g/mol. The smallest absolute Gasteiger partial charge is 0.335 e. The molecule has 2 aromatic carbocycles. The normalized spacial score (nSPS) is 17.3. The highest BCUT2D eigenvalue weighted by molar-refractivity contribution is 6.32. The van der Waals surface area contributed by atoms with Crippen LogP contribution in [0.4, 0.5) is 16.2 Å². The third kappa shape index (κ3) is 3.72. The summed E-state index contributed by atoms with van der Waals surface area (Å²) in [6.45, 7) is 2.00. The number of amides is 4. The Morgan fingerprint density at radius 3 is 2.67 bits per heavy atom. The fourth-order valence-electron chi connectivity index (χ4n) is 2.81. The lowest BCUT2D eigenvalue weighted by molar-refractivity contribution is -0.131. The van der Waals surface area contributed by atoms with Crippen molar-refractivity contribution in [2.45, 2.75) is 13.3 Å². The molecule has 1 fully saturated rings. The molecule has 7 nitrogen and oxygen atoms in total. The first-order valence-corrected chi connectivity index (χ1v) is 8.50. The molecule has 0 bridgehead atoms. The highest BCUT2D eigenvalue weighted by Crippen LogP contribution is 2.25. The minimum Gasteiger partial charge on any atom is -0.497 e. The fraction of sp³-hybridized carbons (Fsp3) is 0.200. The van der Waals surface area contributed by atoms with E-state index in [0.717, 1.165) is 16.9 Å². The summed E-state index contributed by atoms with van der Waals surface area (Å²) < 4.78 is 5.13. The summed E-state index contributed by atoms with van der Waals surface area (Å²) in [7, 11) is 1.49. The topological polar surface area (TPSA) is 88.1 Å². The molecule has 0 spiro atoms. The molecule has 0 aliphatic carbocycles. The summed E-state index contributed by atoms with van der Waals surface area (Å²) in [4.78, 5) is 42.5. The van der Waals surface area contributed by atoms with E-state index in [1.165, 1.54) is 13.3 Å². The summed E-state index contributed by atoms with van der Waals surface area (Å²) in [5.41, 5.74) is 2.00. The second-order valence-corrected chi connectivity index (χ2v) is 5.91. The summed E-state index contributed by atoms with van der Waals surface area (Å²) in [6, 6.07) is 13.2.